The maximum atomic E-state index is 4.41. The highest BCUT2D eigenvalue weighted by Gasteiger charge is 2.18. The van der Waals surface area contributed by atoms with Gasteiger partial charge in [-0.05, 0) is 0 Å². The van der Waals surface area contributed by atoms with Crippen molar-refractivity contribution in [1.82, 2.24) is 19.9 Å². The van der Waals surface area contributed by atoms with Crippen LogP contribution in [0.1, 0.15) is 0 Å². The van der Waals surface area contributed by atoms with Crippen LogP contribution < -0.4 is 5.32 Å². The molecule has 0 radical (unpaired) electrons. The molecule has 6 heteroatoms. The van der Waals surface area contributed by atoms with E-state index < -0.39 is 0 Å². The summed E-state index contributed by atoms with van der Waals surface area (Å²) in [6, 6.07) is 0. The van der Waals surface area contributed by atoms with Crippen molar-refractivity contribution in [3.63, 3.8) is 0 Å². The van der Waals surface area contributed by atoms with Crippen LogP contribution >= 0.6 is 0 Å². The van der Waals surface area contributed by atoms with Gasteiger partial charge in [0, 0.05) is 31.0 Å². The molecule has 1 N–H and O–H groups in total. The van der Waals surface area contributed by atoms with Gasteiger partial charge in [0.1, 0.15) is 27.8 Å². The molecule has 0 fully saturated rings. The summed E-state index contributed by atoms with van der Waals surface area (Å²) in [6.45, 7) is 0.685. The van der Waals surface area contributed by atoms with Gasteiger partial charge < -0.3 is 5.32 Å². The van der Waals surface area contributed by atoms with Crippen molar-refractivity contribution in [1.29, 1.82) is 0 Å². The summed E-state index contributed by atoms with van der Waals surface area (Å²) in [7, 11) is 0. The highest BCUT2D eigenvalue weighted by atomic mass is 15.0. The summed E-state index contributed by atoms with van der Waals surface area (Å²) in [4.78, 5) is 21.9. The van der Waals surface area contributed by atoms with Crippen molar-refractivity contribution in [3.05, 3.63) is 24.8 Å². The van der Waals surface area contributed by atoms with Gasteiger partial charge in [0.25, 0.3) is 0 Å². The SMILES string of the molecule is C1=Nc2c(c3nccnc3c3nccnc23)NC1. The molecule has 2 aromatic heterocycles. The molecule has 0 atom stereocenters. The minimum Gasteiger partial charge on any atom is -0.376 e. The van der Waals surface area contributed by atoms with Gasteiger partial charge in [0.2, 0.25) is 0 Å². The standard InChI is InChI=1S/C12H8N6/c1-2-14-8-7(13-1)9-11(17-4-3-15-9)12-10(8)16-5-6-18-12/h1-5,18H,6H2. The van der Waals surface area contributed by atoms with Crippen LogP contribution in [-0.2, 0) is 0 Å². The fourth-order valence-corrected chi connectivity index (χ4v) is 2.19. The summed E-state index contributed by atoms with van der Waals surface area (Å²) in [6.07, 6.45) is 8.47. The summed E-state index contributed by atoms with van der Waals surface area (Å²) < 4.78 is 0. The van der Waals surface area contributed by atoms with Crippen LogP contribution in [0, 0.1) is 0 Å². The molecule has 0 saturated heterocycles. The molecule has 0 saturated carbocycles. The topological polar surface area (TPSA) is 76.0 Å². The molecule has 1 aliphatic rings. The Bertz CT molecular complexity index is 795. The number of fused-ring (bicyclic) bond motifs is 6. The van der Waals surface area contributed by atoms with Gasteiger partial charge in [-0.1, -0.05) is 0 Å². The molecule has 0 bridgehead atoms. The molecule has 6 nitrogen and oxygen atoms in total. The van der Waals surface area contributed by atoms with E-state index in [1.54, 1.807) is 24.8 Å². The van der Waals surface area contributed by atoms with Crippen LogP contribution in [0.3, 0.4) is 0 Å². The molecular weight excluding hydrogens is 228 g/mol. The summed E-state index contributed by atoms with van der Waals surface area (Å²) >= 11 is 0. The molecule has 3 aromatic rings. The van der Waals surface area contributed by atoms with Crippen molar-refractivity contribution in [2.45, 2.75) is 0 Å². The van der Waals surface area contributed by atoms with E-state index in [0.717, 1.165) is 33.4 Å². The van der Waals surface area contributed by atoms with Crippen molar-refractivity contribution in [2.24, 2.45) is 4.99 Å². The Hall–Kier alpha value is -2.63. The maximum Gasteiger partial charge on any atom is 0.119 e. The highest BCUT2D eigenvalue weighted by Crippen LogP contribution is 2.39. The number of nitrogens with one attached hydrogen (secondary N) is 1. The number of anilines is 1. The molecule has 4 rings (SSSR count). The first-order valence-electron chi connectivity index (χ1n) is 5.59. The average molecular weight is 236 g/mol. The molecule has 3 heterocycles. The summed E-state index contributed by atoms with van der Waals surface area (Å²) in [5, 5.41) is 3.28. The lowest BCUT2D eigenvalue weighted by Gasteiger charge is -2.15. The molecule has 0 aliphatic carbocycles. The van der Waals surface area contributed by atoms with Crippen LogP contribution in [0.5, 0.6) is 0 Å². The number of rotatable bonds is 0. The lowest BCUT2D eigenvalue weighted by Crippen LogP contribution is -2.09. The molecule has 0 amide bonds. The van der Waals surface area contributed by atoms with Crippen LogP contribution in [0.15, 0.2) is 29.8 Å². The minimum absolute atomic E-state index is 0.685. The van der Waals surface area contributed by atoms with Crippen LogP contribution in [0.25, 0.3) is 22.1 Å². The van der Waals surface area contributed by atoms with Gasteiger partial charge in [-0.2, -0.15) is 0 Å². The lowest BCUT2D eigenvalue weighted by atomic mass is 10.1. The number of aromatic nitrogens is 4. The van der Waals surface area contributed by atoms with Crippen molar-refractivity contribution >= 4 is 39.7 Å². The zero-order chi connectivity index (χ0) is 11.9. The van der Waals surface area contributed by atoms with E-state index in [1.165, 1.54) is 0 Å². The normalized spacial score (nSPS) is 13.6. The van der Waals surface area contributed by atoms with Crippen molar-refractivity contribution < 1.29 is 0 Å². The Balaban J connectivity index is 2.33. The highest BCUT2D eigenvalue weighted by molar-refractivity contribution is 6.14. The van der Waals surface area contributed by atoms with E-state index in [2.05, 4.69) is 30.2 Å². The van der Waals surface area contributed by atoms with Gasteiger partial charge in [-0.15, -0.1) is 0 Å². The predicted octanol–water partition coefficient (Wildman–Crippen LogP) is 1.70. The second-order valence-corrected chi connectivity index (χ2v) is 3.92. The molecule has 1 aromatic carbocycles. The van der Waals surface area contributed by atoms with E-state index in [9.17, 15) is 0 Å². The Labute approximate surface area is 102 Å². The first-order valence-corrected chi connectivity index (χ1v) is 5.59. The van der Waals surface area contributed by atoms with E-state index >= 15 is 0 Å². The average Bonchev–Trinajstić information content (AvgIpc) is 2.48. The second-order valence-electron chi connectivity index (χ2n) is 3.92. The number of hydrogen-bond acceptors (Lipinski definition) is 6. The second kappa shape index (κ2) is 3.43. The van der Waals surface area contributed by atoms with Crippen LogP contribution in [0.4, 0.5) is 11.4 Å². The van der Waals surface area contributed by atoms with Crippen LogP contribution in [-0.4, -0.2) is 32.7 Å². The Morgan fingerprint density at radius 1 is 0.778 bits per heavy atom. The number of nitrogens with zero attached hydrogens (tertiary/aromatic N) is 5. The Morgan fingerprint density at radius 2 is 1.39 bits per heavy atom. The van der Waals surface area contributed by atoms with Crippen LogP contribution in [0.2, 0.25) is 0 Å². The number of hydrogen-bond donors (Lipinski definition) is 1. The monoisotopic (exact) mass is 236 g/mol. The molecule has 86 valence electrons. The van der Waals surface area contributed by atoms with Gasteiger partial charge >= 0.3 is 0 Å². The van der Waals surface area contributed by atoms with Gasteiger partial charge in [-0.25, -0.2) is 0 Å². The predicted molar refractivity (Wildman–Crippen MR) is 69.3 cm³/mol. The summed E-state index contributed by atoms with van der Waals surface area (Å²) in [5.41, 5.74) is 4.71. The Kier molecular flexibility index (Phi) is 1.79. The van der Waals surface area contributed by atoms with Crippen molar-refractivity contribution in [3.8, 4) is 0 Å². The lowest BCUT2D eigenvalue weighted by molar-refractivity contribution is 1.24. The third-order valence-electron chi connectivity index (χ3n) is 2.91. The molecule has 1 aliphatic heterocycles. The molecule has 0 unspecified atom stereocenters. The van der Waals surface area contributed by atoms with E-state index in [1.807, 2.05) is 6.21 Å². The number of aliphatic imine (C=N–C) groups is 1. The third-order valence-corrected chi connectivity index (χ3v) is 2.91. The fraction of sp³-hybridized carbons (Fsp3) is 0.0833. The number of benzene rings is 1. The largest absolute Gasteiger partial charge is 0.376 e. The summed E-state index contributed by atoms with van der Waals surface area (Å²) in [5.74, 6) is 0. The Morgan fingerprint density at radius 3 is 2.17 bits per heavy atom. The quantitative estimate of drug-likeness (QED) is 0.601. The molecule has 0 spiro atoms. The molecular formula is C12H8N6. The first-order chi connectivity index (χ1) is 8.95. The first kappa shape index (κ1) is 9.41. The van der Waals surface area contributed by atoms with E-state index in [4.69, 9.17) is 0 Å². The fourth-order valence-electron chi connectivity index (χ4n) is 2.19. The molecule has 18 heavy (non-hydrogen) atoms. The van der Waals surface area contributed by atoms with E-state index in [0.29, 0.717) is 6.54 Å². The third kappa shape index (κ3) is 1.14. The van der Waals surface area contributed by atoms with E-state index in [-0.39, 0.29) is 0 Å². The maximum absolute atomic E-state index is 4.41. The zero-order valence-corrected chi connectivity index (χ0v) is 9.33. The van der Waals surface area contributed by atoms with Crippen molar-refractivity contribution in [2.75, 3.05) is 11.9 Å². The van der Waals surface area contributed by atoms with Gasteiger partial charge in [-0.3, -0.25) is 24.9 Å². The minimum atomic E-state index is 0.685. The zero-order valence-electron chi connectivity index (χ0n) is 9.33. The van der Waals surface area contributed by atoms with Gasteiger partial charge in [0.15, 0.2) is 0 Å². The van der Waals surface area contributed by atoms with Gasteiger partial charge in [0.05, 0.1) is 12.2 Å². The smallest absolute Gasteiger partial charge is 0.119 e.